The minimum absolute atomic E-state index is 0.154. The van der Waals surface area contributed by atoms with Gasteiger partial charge in [0.15, 0.2) is 5.78 Å². The first-order valence-electron chi connectivity index (χ1n) is 6.32. The van der Waals surface area contributed by atoms with Gasteiger partial charge in [-0.2, -0.15) is 0 Å². The first-order chi connectivity index (χ1) is 10.1. The molecule has 0 saturated carbocycles. The highest BCUT2D eigenvalue weighted by atomic mass is 35.5. The van der Waals surface area contributed by atoms with Gasteiger partial charge in [0, 0.05) is 10.6 Å². The monoisotopic (exact) mass is 298 g/mol. The molecule has 0 aliphatic heterocycles. The zero-order chi connectivity index (χ0) is 14.8. The molecule has 0 bridgehead atoms. The number of halogens is 1. The maximum atomic E-state index is 12.1. The van der Waals surface area contributed by atoms with Crippen molar-refractivity contribution in [3.63, 3.8) is 0 Å². The Morgan fingerprint density at radius 3 is 2.62 bits per heavy atom. The molecule has 0 fully saturated rings. The van der Waals surface area contributed by atoms with Crippen molar-refractivity contribution in [2.75, 3.05) is 0 Å². The fourth-order valence-electron chi connectivity index (χ4n) is 2.06. The highest BCUT2D eigenvalue weighted by Gasteiger charge is 2.05. The van der Waals surface area contributed by atoms with Crippen molar-refractivity contribution in [2.45, 2.75) is 0 Å². The van der Waals surface area contributed by atoms with Crippen LogP contribution in [0.1, 0.15) is 15.9 Å². The summed E-state index contributed by atoms with van der Waals surface area (Å²) in [6, 6.07) is 12.3. The predicted octanol–water partition coefficient (Wildman–Crippen LogP) is 3.41. The summed E-state index contributed by atoms with van der Waals surface area (Å²) in [4.78, 5) is 28.6. The van der Waals surface area contributed by atoms with Crippen LogP contribution >= 0.6 is 11.6 Å². The molecule has 0 radical (unpaired) electrons. The predicted molar refractivity (Wildman–Crippen MR) is 83.7 cm³/mol. The number of ketones is 1. The minimum Gasteiger partial charge on any atom is -0.306 e. The topological polar surface area (TPSA) is 65.7 Å². The molecule has 5 heteroatoms. The molecule has 1 heterocycles. The van der Waals surface area contributed by atoms with Crippen LogP contribution in [0.3, 0.4) is 0 Å². The van der Waals surface area contributed by atoms with E-state index in [1.165, 1.54) is 6.08 Å². The average Bonchev–Trinajstić information content (AvgIpc) is 2.85. The van der Waals surface area contributed by atoms with Crippen LogP contribution in [0.5, 0.6) is 0 Å². The van der Waals surface area contributed by atoms with Gasteiger partial charge in [-0.3, -0.25) is 4.79 Å². The second-order valence-electron chi connectivity index (χ2n) is 4.56. The summed E-state index contributed by atoms with van der Waals surface area (Å²) in [7, 11) is 0. The van der Waals surface area contributed by atoms with E-state index in [4.69, 9.17) is 11.6 Å². The van der Waals surface area contributed by atoms with Gasteiger partial charge in [0.1, 0.15) is 0 Å². The maximum Gasteiger partial charge on any atom is 0.323 e. The molecule has 2 aromatic carbocycles. The minimum atomic E-state index is -0.291. The number of H-pyrrole nitrogens is 2. The van der Waals surface area contributed by atoms with E-state index in [2.05, 4.69) is 9.97 Å². The van der Waals surface area contributed by atoms with E-state index >= 15 is 0 Å². The lowest BCUT2D eigenvalue weighted by Crippen LogP contribution is -1.99. The zero-order valence-electron chi connectivity index (χ0n) is 10.9. The molecule has 3 aromatic rings. The third kappa shape index (κ3) is 2.80. The van der Waals surface area contributed by atoms with Crippen LogP contribution in [0.2, 0.25) is 5.02 Å². The molecule has 0 amide bonds. The lowest BCUT2D eigenvalue weighted by Gasteiger charge is -1.98. The van der Waals surface area contributed by atoms with Gasteiger partial charge in [-0.15, -0.1) is 0 Å². The molecule has 0 saturated heterocycles. The Balaban J connectivity index is 1.90. The van der Waals surface area contributed by atoms with Crippen LogP contribution in [0.25, 0.3) is 17.1 Å². The first kappa shape index (κ1) is 13.4. The summed E-state index contributed by atoms with van der Waals surface area (Å²) in [6.45, 7) is 0. The molecular formula is C16H11ClN2O2. The molecule has 0 unspecified atom stereocenters. The van der Waals surface area contributed by atoms with Crippen LogP contribution in [0.4, 0.5) is 0 Å². The smallest absolute Gasteiger partial charge is 0.306 e. The van der Waals surface area contributed by atoms with E-state index in [0.29, 0.717) is 21.6 Å². The summed E-state index contributed by atoms with van der Waals surface area (Å²) in [6.07, 6.45) is 3.14. The van der Waals surface area contributed by atoms with Crippen molar-refractivity contribution in [2.24, 2.45) is 0 Å². The van der Waals surface area contributed by atoms with E-state index in [-0.39, 0.29) is 11.5 Å². The van der Waals surface area contributed by atoms with E-state index in [0.717, 1.165) is 5.56 Å². The van der Waals surface area contributed by atoms with Crippen LogP contribution in [-0.4, -0.2) is 15.8 Å². The SMILES string of the molecule is O=C(/C=C/c1ccccc1Cl)c1ccc2[nH]c(=O)[nH]c2c1. The Hall–Kier alpha value is -2.59. The molecule has 3 rings (SSSR count). The van der Waals surface area contributed by atoms with Crippen molar-refractivity contribution in [3.05, 3.63) is 75.2 Å². The van der Waals surface area contributed by atoms with E-state index in [1.807, 2.05) is 18.2 Å². The standard InChI is InChI=1S/C16H11ClN2O2/c17-12-4-2-1-3-10(12)6-8-15(20)11-5-7-13-14(9-11)19-16(21)18-13/h1-9H,(H2,18,19,21)/b8-6+. The Morgan fingerprint density at radius 1 is 1.05 bits per heavy atom. The molecule has 0 aliphatic carbocycles. The van der Waals surface area contributed by atoms with Gasteiger partial charge in [-0.05, 0) is 42.0 Å². The quantitative estimate of drug-likeness (QED) is 0.575. The number of imidazole rings is 1. The van der Waals surface area contributed by atoms with Crippen LogP contribution in [0.15, 0.2) is 53.3 Å². The molecule has 2 N–H and O–H groups in total. The molecule has 104 valence electrons. The number of hydrogen-bond acceptors (Lipinski definition) is 2. The lowest BCUT2D eigenvalue weighted by atomic mass is 10.1. The van der Waals surface area contributed by atoms with Crippen LogP contribution < -0.4 is 5.69 Å². The number of aromatic amines is 2. The van der Waals surface area contributed by atoms with E-state index in [9.17, 15) is 9.59 Å². The number of rotatable bonds is 3. The fourth-order valence-corrected chi connectivity index (χ4v) is 2.26. The second-order valence-corrected chi connectivity index (χ2v) is 4.97. The van der Waals surface area contributed by atoms with Crippen molar-refractivity contribution in [1.29, 1.82) is 0 Å². The van der Waals surface area contributed by atoms with Crippen molar-refractivity contribution < 1.29 is 4.79 Å². The summed E-state index contributed by atoms with van der Waals surface area (Å²) in [5.41, 5.74) is 2.27. The van der Waals surface area contributed by atoms with Gasteiger partial charge < -0.3 is 9.97 Å². The number of fused-ring (bicyclic) bond motifs is 1. The fraction of sp³-hybridized carbons (Fsp3) is 0. The maximum absolute atomic E-state index is 12.1. The summed E-state index contributed by atoms with van der Waals surface area (Å²) >= 11 is 6.03. The molecule has 1 aromatic heterocycles. The van der Waals surface area contributed by atoms with Gasteiger partial charge in [-0.25, -0.2) is 4.79 Å². The largest absolute Gasteiger partial charge is 0.323 e. The first-order valence-corrected chi connectivity index (χ1v) is 6.70. The third-order valence-electron chi connectivity index (χ3n) is 3.12. The zero-order valence-corrected chi connectivity index (χ0v) is 11.6. The van der Waals surface area contributed by atoms with Crippen molar-refractivity contribution >= 4 is 34.5 Å². The summed E-state index contributed by atoms with van der Waals surface area (Å²) < 4.78 is 0. The summed E-state index contributed by atoms with van der Waals surface area (Å²) in [5.74, 6) is -0.154. The van der Waals surface area contributed by atoms with Crippen LogP contribution in [0, 0.1) is 0 Å². The third-order valence-corrected chi connectivity index (χ3v) is 3.46. The van der Waals surface area contributed by atoms with Gasteiger partial charge in [0.2, 0.25) is 0 Å². The highest BCUT2D eigenvalue weighted by Crippen LogP contribution is 2.17. The van der Waals surface area contributed by atoms with E-state index in [1.54, 1.807) is 30.3 Å². The molecular weight excluding hydrogens is 288 g/mol. The number of nitrogens with one attached hydrogen (secondary N) is 2. The molecule has 0 atom stereocenters. The van der Waals surface area contributed by atoms with Gasteiger partial charge in [0.05, 0.1) is 11.0 Å². The second kappa shape index (κ2) is 5.42. The summed E-state index contributed by atoms with van der Waals surface area (Å²) in [5, 5.41) is 0.590. The van der Waals surface area contributed by atoms with Crippen LogP contribution in [-0.2, 0) is 0 Å². The molecule has 0 spiro atoms. The Morgan fingerprint density at radius 2 is 1.81 bits per heavy atom. The number of aromatic nitrogens is 2. The van der Waals surface area contributed by atoms with Crippen molar-refractivity contribution in [3.8, 4) is 0 Å². The molecule has 21 heavy (non-hydrogen) atoms. The average molecular weight is 299 g/mol. The van der Waals surface area contributed by atoms with Gasteiger partial charge in [-0.1, -0.05) is 29.8 Å². The molecule has 0 aliphatic rings. The Bertz CT molecular complexity index is 906. The van der Waals surface area contributed by atoms with Gasteiger partial charge in [0.25, 0.3) is 0 Å². The van der Waals surface area contributed by atoms with E-state index < -0.39 is 0 Å². The number of carbonyl (C=O) groups excluding carboxylic acids is 1. The van der Waals surface area contributed by atoms with Gasteiger partial charge >= 0.3 is 5.69 Å². The number of benzene rings is 2. The number of carbonyl (C=O) groups is 1. The molecule has 4 nitrogen and oxygen atoms in total. The Labute approximate surface area is 125 Å². The highest BCUT2D eigenvalue weighted by molar-refractivity contribution is 6.32. The number of allylic oxidation sites excluding steroid dienone is 1. The normalized spacial score (nSPS) is 11.3. The van der Waals surface area contributed by atoms with Crippen molar-refractivity contribution in [1.82, 2.24) is 9.97 Å². The Kier molecular flexibility index (Phi) is 3.46. The lowest BCUT2D eigenvalue weighted by molar-refractivity contribution is 0.104. The number of hydrogen-bond donors (Lipinski definition) is 2.